The van der Waals surface area contributed by atoms with E-state index in [1.165, 1.54) is 0 Å². The first-order valence-corrected chi connectivity index (χ1v) is 2.11. The van der Waals surface area contributed by atoms with Crippen molar-refractivity contribution in [3.05, 3.63) is 17.1 Å². The Morgan fingerprint density at radius 3 is 3.11 bits per heavy atom. The number of carbonyl (C=O) groups is 1. The first kappa shape index (κ1) is 5.86. The highest BCUT2D eigenvalue weighted by Gasteiger charge is 2.08. The van der Waals surface area contributed by atoms with Crippen LogP contribution in [0, 0.1) is 5.21 Å². The lowest BCUT2D eigenvalue weighted by Gasteiger charge is -1.91. The quantitative estimate of drug-likeness (QED) is 0.454. The Hall–Kier alpha value is -1.27. The molecule has 0 radical (unpaired) electrons. The van der Waals surface area contributed by atoms with E-state index in [-0.39, 0.29) is 11.2 Å². The van der Waals surface area contributed by atoms with Crippen LogP contribution >= 0.6 is 0 Å². The number of hydroxylamine groups is 1. The third-order valence-corrected chi connectivity index (χ3v) is 0.721. The van der Waals surface area contributed by atoms with E-state index in [1.807, 2.05) is 0 Å². The second-order valence-electron chi connectivity index (χ2n) is 1.27. The molecule has 0 saturated carbocycles. The van der Waals surface area contributed by atoms with Crippen LogP contribution in [-0.4, -0.2) is 16.2 Å². The van der Waals surface area contributed by atoms with Crippen molar-refractivity contribution in [1.29, 1.82) is 0 Å². The maximum Gasteiger partial charge on any atom is 0.366 e. The predicted octanol–water partition coefficient (Wildman–Crippen LogP) is -1.73. The number of rotatable bonds is 1. The molecule has 1 aromatic heterocycles. The first-order chi connectivity index (χ1) is 4.34. The van der Waals surface area contributed by atoms with Crippen LogP contribution in [0.2, 0.25) is 0 Å². The highest BCUT2D eigenvalue weighted by molar-refractivity contribution is 5.83. The van der Waals surface area contributed by atoms with Crippen molar-refractivity contribution in [2.75, 3.05) is 0 Å². The summed E-state index contributed by atoms with van der Waals surface area (Å²) < 4.78 is 4.06. The molecule has 6 nitrogen and oxygen atoms in total. The summed E-state index contributed by atoms with van der Waals surface area (Å²) in [5, 5.41) is 16.0. The molecule has 1 amide bonds. The molecule has 0 aliphatic carbocycles. The SMILES string of the molecule is O=C([NH2+][O-])c1cnon1. The number of aromatic nitrogens is 2. The molecule has 0 fully saturated rings. The van der Waals surface area contributed by atoms with Crippen molar-refractivity contribution in [2.24, 2.45) is 0 Å². The van der Waals surface area contributed by atoms with Crippen molar-refractivity contribution >= 4 is 5.91 Å². The highest BCUT2D eigenvalue weighted by Crippen LogP contribution is 1.84. The fourth-order valence-corrected chi connectivity index (χ4v) is 0.334. The zero-order chi connectivity index (χ0) is 6.69. The van der Waals surface area contributed by atoms with Crippen LogP contribution in [0.1, 0.15) is 10.5 Å². The first-order valence-electron chi connectivity index (χ1n) is 2.11. The molecular formula is C3H3N3O3. The number of carbonyl (C=O) groups excluding carboxylic acids is 1. The molecule has 9 heavy (non-hydrogen) atoms. The van der Waals surface area contributed by atoms with Gasteiger partial charge in [0, 0.05) is 0 Å². The van der Waals surface area contributed by atoms with Crippen LogP contribution in [0.5, 0.6) is 0 Å². The van der Waals surface area contributed by atoms with E-state index in [0.29, 0.717) is 0 Å². The largest absolute Gasteiger partial charge is 0.628 e. The summed E-state index contributed by atoms with van der Waals surface area (Å²) in [6.45, 7) is 0. The molecule has 1 rings (SSSR count). The van der Waals surface area contributed by atoms with Gasteiger partial charge in [0.25, 0.3) is 0 Å². The summed E-state index contributed by atoms with van der Waals surface area (Å²) >= 11 is 0. The minimum absolute atomic E-state index is 0.0648. The number of quaternary nitrogens is 1. The summed E-state index contributed by atoms with van der Waals surface area (Å²) in [5.74, 6) is -0.726. The van der Waals surface area contributed by atoms with E-state index in [1.54, 1.807) is 0 Å². The third-order valence-electron chi connectivity index (χ3n) is 0.721. The van der Waals surface area contributed by atoms with Gasteiger partial charge >= 0.3 is 5.91 Å². The van der Waals surface area contributed by atoms with Gasteiger partial charge in [-0.25, -0.2) is 9.42 Å². The van der Waals surface area contributed by atoms with E-state index in [4.69, 9.17) is 0 Å². The van der Waals surface area contributed by atoms with Gasteiger partial charge in [-0.05, 0) is 5.16 Å². The van der Waals surface area contributed by atoms with Gasteiger partial charge in [0.1, 0.15) is 6.20 Å². The second kappa shape index (κ2) is 2.33. The molecule has 0 saturated heterocycles. The summed E-state index contributed by atoms with van der Waals surface area (Å²) in [5.41, 5.74) is 0.0875. The van der Waals surface area contributed by atoms with Crippen molar-refractivity contribution in [2.45, 2.75) is 0 Å². The van der Waals surface area contributed by atoms with Crippen LogP contribution in [0.3, 0.4) is 0 Å². The maximum absolute atomic E-state index is 10.3. The maximum atomic E-state index is 10.3. The zero-order valence-electron chi connectivity index (χ0n) is 4.27. The van der Waals surface area contributed by atoms with Crippen LogP contribution in [-0.2, 0) is 0 Å². The van der Waals surface area contributed by atoms with Gasteiger partial charge in [0.05, 0.1) is 0 Å². The van der Waals surface area contributed by atoms with Gasteiger partial charge in [-0.2, -0.15) is 0 Å². The minimum Gasteiger partial charge on any atom is -0.628 e. The number of hydrogen-bond donors (Lipinski definition) is 1. The average Bonchev–Trinajstić information content (AvgIpc) is 2.37. The van der Waals surface area contributed by atoms with E-state index >= 15 is 0 Å². The Morgan fingerprint density at radius 2 is 2.67 bits per heavy atom. The Bertz CT molecular complexity index is 194. The lowest BCUT2D eigenvalue weighted by molar-refractivity contribution is -0.482. The van der Waals surface area contributed by atoms with Crippen molar-refractivity contribution in [3.8, 4) is 0 Å². The smallest absolute Gasteiger partial charge is 0.366 e. The van der Waals surface area contributed by atoms with Crippen LogP contribution in [0.4, 0.5) is 0 Å². The van der Waals surface area contributed by atoms with Gasteiger partial charge < -0.3 is 10.7 Å². The molecule has 2 N–H and O–H groups in total. The van der Waals surface area contributed by atoms with Crippen LogP contribution in [0.25, 0.3) is 0 Å². The summed E-state index contributed by atoms with van der Waals surface area (Å²) in [6.07, 6.45) is 1.08. The minimum atomic E-state index is -0.726. The van der Waals surface area contributed by atoms with Gasteiger partial charge in [-0.15, -0.1) is 0 Å². The van der Waals surface area contributed by atoms with E-state index in [2.05, 4.69) is 14.9 Å². The lowest BCUT2D eigenvalue weighted by Crippen LogP contribution is -2.81. The van der Waals surface area contributed by atoms with Gasteiger partial charge in [-0.1, -0.05) is 5.16 Å². The average molecular weight is 129 g/mol. The van der Waals surface area contributed by atoms with Crippen LogP contribution < -0.4 is 5.48 Å². The van der Waals surface area contributed by atoms with Gasteiger partial charge in [0.2, 0.25) is 5.69 Å². The van der Waals surface area contributed by atoms with Gasteiger partial charge in [0.15, 0.2) is 0 Å². The fraction of sp³-hybridized carbons (Fsp3) is 0. The molecule has 0 aromatic carbocycles. The predicted molar refractivity (Wildman–Crippen MR) is 23.9 cm³/mol. The monoisotopic (exact) mass is 129 g/mol. The van der Waals surface area contributed by atoms with E-state index in [0.717, 1.165) is 6.20 Å². The summed E-state index contributed by atoms with van der Waals surface area (Å²) in [7, 11) is 0. The van der Waals surface area contributed by atoms with Crippen molar-refractivity contribution in [3.63, 3.8) is 0 Å². The second-order valence-corrected chi connectivity index (χ2v) is 1.27. The molecule has 0 unspecified atom stereocenters. The Balaban J connectivity index is 2.77. The summed E-state index contributed by atoms with van der Waals surface area (Å²) in [6, 6.07) is 0. The molecule has 0 aliphatic rings. The molecular weight excluding hydrogens is 126 g/mol. The number of primary amides is 1. The fourth-order valence-electron chi connectivity index (χ4n) is 0.334. The molecule has 6 heteroatoms. The highest BCUT2D eigenvalue weighted by atomic mass is 16.6. The third kappa shape index (κ3) is 1.09. The normalized spacial score (nSPS) is 9.44. The lowest BCUT2D eigenvalue weighted by atomic mass is 10.5. The van der Waals surface area contributed by atoms with E-state index < -0.39 is 5.91 Å². The van der Waals surface area contributed by atoms with Crippen LogP contribution in [0.15, 0.2) is 10.8 Å². The summed E-state index contributed by atoms with van der Waals surface area (Å²) in [4.78, 5) is 10.3. The number of nitrogens with zero attached hydrogens (tertiary/aromatic N) is 2. The zero-order valence-corrected chi connectivity index (χ0v) is 4.27. The number of amides is 1. The van der Waals surface area contributed by atoms with E-state index in [9.17, 15) is 10.0 Å². The molecule has 1 aromatic rings. The molecule has 1 heterocycles. The number of nitrogens with two attached hydrogens (primary N) is 1. The topological polar surface area (TPSA) is 95.7 Å². The Kier molecular flexibility index (Phi) is 1.52. The molecule has 48 valence electrons. The van der Waals surface area contributed by atoms with Crippen molar-refractivity contribution in [1.82, 2.24) is 10.3 Å². The molecule has 0 atom stereocenters. The van der Waals surface area contributed by atoms with Gasteiger partial charge in [-0.3, -0.25) is 0 Å². The molecule has 0 bridgehead atoms. The molecule has 0 aliphatic heterocycles. The Labute approximate surface area is 49.4 Å². The number of hydrogen-bond acceptors (Lipinski definition) is 5. The standard InChI is InChI=1S/C3H3N3O3/c7-3(5-8)2-1-4-9-6-2/h1H,5H2. The Morgan fingerprint density at radius 1 is 1.89 bits per heavy atom. The molecule has 0 spiro atoms. The van der Waals surface area contributed by atoms with Crippen molar-refractivity contribution < 1.29 is 14.9 Å².